The van der Waals surface area contributed by atoms with Gasteiger partial charge in [0.05, 0.1) is 18.8 Å². The summed E-state index contributed by atoms with van der Waals surface area (Å²) >= 11 is 0. The Morgan fingerprint density at radius 3 is 2.13 bits per heavy atom. The molecule has 0 spiro atoms. The molecule has 0 aliphatic rings. The number of amides is 1. The van der Waals surface area contributed by atoms with Gasteiger partial charge in [-0.2, -0.15) is 12.7 Å². The third kappa shape index (κ3) is 6.67. The topological polar surface area (TPSA) is 79.0 Å². The number of carbonyl (C=O) groups excluding carboxylic acids is 1. The van der Waals surface area contributed by atoms with Gasteiger partial charge in [-0.1, -0.05) is 26.0 Å². The van der Waals surface area contributed by atoms with Gasteiger partial charge in [-0.3, -0.25) is 4.79 Å². The average molecular weight is 452 g/mol. The van der Waals surface area contributed by atoms with Crippen molar-refractivity contribution in [2.75, 3.05) is 32.1 Å². The van der Waals surface area contributed by atoms with Crippen LogP contribution in [0, 0.1) is 11.7 Å². The first-order valence-electron chi connectivity index (χ1n) is 9.93. The van der Waals surface area contributed by atoms with Crippen LogP contribution in [-0.2, 0) is 15.0 Å². The van der Waals surface area contributed by atoms with Crippen molar-refractivity contribution in [1.29, 1.82) is 0 Å². The summed E-state index contributed by atoms with van der Waals surface area (Å²) in [6.07, 6.45) is 0.676. The molecule has 7 nitrogen and oxygen atoms in total. The van der Waals surface area contributed by atoms with Crippen LogP contribution in [0.2, 0.25) is 0 Å². The van der Waals surface area contributed by atoms with E-state index in [-0.39, 0.29) is 11.7 Å². The van der Waals surface area contributed by atoms with Gasteiger partial charge in [-0.05, 0) is 54.3 Å². The van der Waals surface area contributed by atoms with Gasteiger partial charge in [0.2, 0.25) is 5.91 Å². The second-order valence-corrected chi connectivity index (χ2v) is 9.86. The van der Waals surface area contributed by atoms with Gasteiger partial charge in [-0.15, -0.1) is 0 Å². The Balaban J connectivity index is 2.28. The molecule has 1 amide bonds. The quantitative estimate of drug-likeness (QED) is 0.601. The van der Waals surface area contributed by atoms with Crippen LogP contribution in [0.4, 0.5) is 10.1 Å². The van der Waals surface area contributed by atoms with E-state index in [4.69, 9.17) is 4.74 Å². The number of benzene rings is 2. The molecule has 0 saturated heterocycles. The number of nitrogens with zero attached hydrogens (tertiary/aromatic N) is 2. The Morgan fingerprint density at radius 1 is 1.06 bits per heavy atom. The summed E-state index contributed by atoms with van der Waals surface area (Å²) < 4.78 is 46.1. The summed E-state index contributed by atoms with van der Waals surface area (Å²) in [5.74, 6) is 0.0483. The van der Waals surface area contributed by atoms with E-state index in [1.54, 1.807) is 7.11 Å². The van der Waals surface area contributed by atoms with E-state index in [0.29, 0.717) is 18.1 Å². The van der Waals surface area contributed by atoms with E-state index < -0.39 is 28.5 Å². The highest BCUT2D eigenvalue weighted by Gasteiger charge is 2.28. The molecule has 0 bridgehead atoms. The molecule has 0 aromatic heterocycles. The van der Waals surface area contributed by atoms with Crippen molar-refractivity contribution < 1.29 is 22.3 Å². The summed E-state index contributed by atoms with van der Waals surface area (Å²) in [5, 5.41) is 2.95. The third-order valence-corrected chi connectivity index (χ3v) is 6.52. The molecule has 2 rings (SSSR count). The second-order valence-electron chi connectivity index (χ2n) is 7.80. The van der Waals surface area contributed by atoms with E-state index in [0.717, 1.165) is 26.3 Å². The lowest BCUT2D eigenvalue weighted by molar-refractivity contribution is -0.120. The normalized spacial score (nSPS) is 12.6. The molecule has 0 radical (unpaired) electrons. The van der Waals surface area contributed by atoms with Crippen LogP contribution < -0.4 is 14.4 Å². The Morgan fingerprint density at radius 2 is 1.65 bits per heavy atom. The molecule has 0 unspecified atom stereocenters. The highest BCUT2D eigenvalue weighted by molar-refractivity contribution is 7.90. The Labute approximate surface area is 184 Å². The molecular weight excluding hydrogens is 421 g/mol. The lowest BCUT2D eigenvalue weighted by Crippen LogP contribution is -2.46. The van der Waals surface area contributed by atoms with Gasteiger partial charge in [-0.25, -0.2) is 8.70 Å². The number of carbonyl (C=O) groups is 1. The molecular formula is C22H30FN3O4S. The van der Waals surface area contributed by atoms with Gasteiger partial charge >= 0.3 is 10.2 Å². The van der Waals surface area contributed by atoms with Crippen molar-refractivity contribution in [1.82, 2.24) is 9.62 Å². The summed E-state index contributed by atoms with van der Waals surface area (Å²) in [6.45, 7) is 3.66. The SMILES string of the molecule is COc1ccc([C@H](CC(C)C)NC(=O)CN(c2ccc(F)cc2)S(=O)(=O)N(C)C)cc1. The van der Waals surface area contributed by atoms with E-state index >= 15 is 0 Å². The monoisotopic (exact) mass is 451 g/mol. The zero-order valence-electron chi connectivity index (χ0n) is 18.5. The van der Waals surface area contributed by atoms with Gasteiger partial charge in [0.15, 0.2) is 0 Å². The van der Waals surface area contributed by atoms with Crippen LogP contribution in [0.25, 0.3) is 0 Å². The standard InChI is InChI=1S/C22H30FN3O4S/c1-16(2)14-21(17-6-12-20(30-5)13-7-17)24-22(27)15-26(31(28,29)25(3)4)19-10-8-18(23)9-11-19/h6-13,16,21H,14-15H2,1-5H3,(H,24,27)/t21-/m0/s1. The fourth-order valence-corrected chi connectivity index (χ4v) is 4.13. The van der Waals surface area contributed by atoms with Crippen LogP contribution >= 0.6 is 0 Å². The van der Waals surface area contributed by atoms with E-state index in [2.05, 4.69) is 5.32 Å². The minimum absolute atomic E-state index is 0.204. The summed E-state index contributed by atoms with van der Waals surface area (Å²) in [4.78, 5) is 12.9. The number of anilines is 1. The predicted molar refractivity (Wildman–Crippen MR) is 120 cm³/mol. The van der Waals surface area contributed by atoms with E-state index in [1.807, 2.05) is 38.1 Å². The lowest BCUT2D eigenvalue weighted by Gasteiger charge is -2.28. The summed E-state index contributed by atoms with van der Waals surface area (Å²) in [6, 6.07) is 12.1. The number of hydrogen-bond donors (Lipinski definition) is 1. The van der Waals surface area contributed by atoms with Gasteiger partial charge < -0.3 is 10.1 Å². The predicted octanol–water partition coefficient (Wildman–Crippen LogP) is 3.35. The average Bonchev–Trinajstić information content (AvgIpc) is 2.72. The molecule has 0 saturated carbocycles. The molecule has 0 heterocycles. The molecule has 170 valence electrons. The molecule has 0 aliphatic heterocycles. The first-order chi connectivity index (χ1) is 14.5. The number of hydrogen-bond acceptors (Lipinski definition) is 4. The first-order valence-corrected chi connectivity index (χ1v) is 11.3. The maximum Gasteiger partial charge on any atom is 0.304 e. The van der Waals surface area contributed by atoms with Crippen LogP contribution in [0.15, 0.2) is 48.5 Å². The fourth-order valence-electron chi connectivity index (χ4n) is 3.07. The van der Waals surface area contributed by atoms with Crippen molar-refractivity contribution >= 4 is 21.8 Å². The molecule has 2 aromatic carbocycles. The van der Waals surface area contributed by atoms with E-state index in [1.165, 1.54) is 26.2 Å². The molecule has 0 fully saturated rings. The third-order valence-electron chi connectivity index (χ3n) is 4.70. The Bertz CT molecular complexity index is 961. The zero-order valence-corrected chi connectivity index (χ0v) is 19.3. The smallest absolute Gasteiger partial charge is 0.304 e. The molecule has 31 heavy (non-hydrogen) atoms. The van der Waals surface area contributed by atoms with Crippen LogP contribution in [0.5, 0.6) is 5.75 Å². The molecule has 9 heteroatoms. The zero-order chi connectivity index (χ0) is 23.2. The largest absolute Gasteiger partial charge is 0.497 e. The van der Waals surface area contributed by atoms with Gasteiger partial charge in [0, 0.05) is 14.1 Å². The highest BCUT2D eigenvalue weighted by atomic mass is 32.2. The van der Waals surface area contributed by atoms with Crippen molar-refractivity contribution in [2.24, 2.45) is 5.92 Å². The Hall–Kier alpha value is -2.65. The highest BCUT2D eigenvalue weighted by Crippen LogP contribution is 2.24. The number of halogens is 1. The van der Waals surface area contributed by atoms with Crippen molar-refractivity contribution in [3.63, 3.8) is 0 Å². The number of ether oxygens (including phenoxy) is 1. The minimum atomic E-state index is -3.97. The number of nitrogens with one attached hydrogen (secondary N) is 1. The minimum Gasteiger partial charge on any atom is -0.497 e. The van der Waals surface area contributed by atoms with Crippen molar-refractivity contribution in [3.8, 4) is 5.75 Å². The molecule has 1 atom stereocenters. The summed E-state index contributed by atoms with van der Waals surface area (Å²) in [7, 11) is 0.371. The van der Waals surface area contributed by atoms with E-state index in [9.17, 15) is 17.6 Å². The molecule has 2 aromatic rings. The number of methoxy groups -OCH3 is 1. The molecule has 1 N–H and O–H groups in total. The maximum absolute atomic E-state index is 13.3. The maximum atomic E-state index is 13.3. The van der Waals surface area contributed by atoms with Crippen LogP contribution in [-0.4, -0.2) is 46.4 Å². The Kier molecular flexibility index (Phi) is 8.41. The van der Waals surface area contributed by atoms with Crippen molar-refractivity contribution in [3.05, 3.63) is 59.9 Å². The second kappa shape index (κ2) is 10.6. The summed E-state index contributed by atoms with van der Waals surface area (Å²) in [5.41, 5.74) is 1.10. The van der Waals surface area contributed by atoms with Crippen LogP contribution in [0.3, 0.4) is 0 Å². The van der Waals surface area contributed by atoms with Gasteiger partial charge in [0.1, 0.15) is 18.1 Å². The number of rotatable bonds is 10. The van der Waals surface area contributed by atoms with Crippen LogP contribution in [0.1, 0.15) is 31.9 Å². The fraction of sp³-hybridized carbons (Fsp3) is 0.409. The lowest BCUT2D eigenvalue weighted by atomic mass is 9.97. The molecule has 0 aliphatic carbocycles. The van der Waals surface area contributed by atoms with Gasteiger partial charge in [0.25, 0.3) is 0 Å². The first kappa shape index (κ1) is 24.6. The van der Waals surface area contributed by atoms with Crippen molar-refractivity contribution in [2.45, 2.75) is 26.3 Å².